The third-order valence-electron chi connectivity index (χ3n) is 5.02. The largest absolute Gasteiger partial charge is 0.484 e. The van der Waals surface area contributed by atoms with E-state index >= 15 is 0 Å². The molecule has 0 bridgehead atoms. The molecule has 0 atom stereocenters. The van der Waals surface area contributed by atoms with E-state index < -0.39 is 0 Å². The first-order valence-corrected chi connectivity index (χ1v) is 9.26. The van der Waals surface area contributed by atoms with Gasteiger partial charge in [-0.25, -0.2) is 4.39 Å². The van der Waals surface area contributed by atoms with Crippen LogP contribution >= 0.6 is 0 Å². The number of aromatic amines is 2. The summed E-state index contributed by atoms with van der Waals surface area (Å²) in [6.07, 6.45) is 2.48. The molecule has 0 aliphatic rings. The van der Waals surface area contributed by atoms with Crippen molar-refractivity contribution < 1.29 is 13.9 Å². The highest BCUT2D eigenvalue weighted by Crippen LogP contribution is 2.27. The van der Waals surface area contributed by atoms with Crippen LogP contribution in [0.3, 0.4) is 0 Å². The Hall–Kier alpha value is -3.28. The lowest BCUT2D eigenvalue weighted by Gasteiger charge is -2.08. The molecule has 0 saturated carbocycles. The number of rotatable bonds is 6. The lowest BCUT2D eigenvalue weighted by Crippen LogP contribution is -2.30. The quantitative estimate of drug-likeness (QED) is 0.471. The zero-order valence-electron chi connectivity index (χ0n) is 15.9. The number of halogens is 1. The fraction of sp³-hybridized carbons (Fsp3) is 0.227. The first-order chi connectivity index (χ1) is 13.5. The average molecular weight is 379 g/mol. The highest BCUT2D eigenvalue weighted by atomic mass is 19.1. The van der Waals surface area contributed by atoms with E-state index in [4.69, 9.17) is 4.74 Å². The number of amides is 1. The van der Waals surface area contributed by atoms with Crippen molar-refractivity contribution >= 4 is 27.7 Å². The second-order valence-corrected chi connectivity index (χ2v) is 6.96. The summed E-state index contributed by atoms with van der Waals surface area (Å²) >= 11 is 0. The standard InChI is InChI=1S/C22H22FN3O2/c1-13-3-5-18(23)22-21(13)17(14(2)26-22)8-10-25-20(27)12-28-16-4-6-19-15(11-16)7-9-24-19/h3-7,9,11,24,26H,8,10,12H2,1-2H3,(H,25,27). The Balaban J connectivity index is 1.35. The van der Waals surface area contributed by atoms with Crippen LogP contribution in [-0.4, -0.2) is 29.0 Å². The van der Waals surface area contributed by atoms with E-state index in [1.807, 2.05) is 44.3 Å². The first-order valence-electron chi connectivity index (χ1n) is 9.26. The Morgan fingerprint density at radius 1 is 1.18 bits per heavy atom. The van der Waals surface area contributed by atoms with Gasteiger partial charge in [0.2, 0.25) is 0 Å². The normalized spacial score (nSPS) is 11.2. The number of aromatic nitrogens is 2. The zero-order valence-corrected chi connectivity index (χ0v) is 15.9. The SMILES string of the molecule is Cc1[nH]c2c(F)ccc(C)c2c1CCNC(=O)COc1ccc2[nH]ccc2c1. The van der Waals surface area contributed by atoms with Crippen LogP contribution in [0.1, 0.15) is 16.8 Å². The summed E-state index contributed by atoms with van der Waals surface area (Å²) in [5.74, 6) is 0.210. The van der Waals surface area contributed by atoms with Crippen LogP contribution in [0.5, 0.6) is 5.75 Å². The van der Waals surface area contributed by atoms with Gasteiger partial charge in [0.15, 0.2) is 6.61 Å². The Kier molecular flexibility index (Phi) is 4.77. The van der Waals surface area contributed by atoms with E-state index in [-0.39, 0.29) is 18.3 Å². The maximum Gasteiger partial charge on any atom is 0.257 e. The Morgan fingerprint density at radius 3 is 2.89 bits per heavy atom. The molecule has 6 heteroatoms. The minimum Gasteiger partial charge on any atom is -0.484 e. The number of aryl methyl sites for hydroxylation is 2. The highest BCUT2D eigenvalue weighted by Gasteiger charge is 2.14. The third-order valence-corrected chi connectivity index (χ3v) is 5.02. The number of H-pyrrole nitrogens is 2. The molecule has 2 aromatic carbocycles. The number of carbonyl (C=O) groups is 1. The molecule has 28 heavy (non-hydrogen) atoms. The molecule has 4 rings (SSSR count). The van der Waals surface area contributed by atoms with Gasteiger partial charge >= 0.3 is 0 Å². The predicted octanol–water partition coefficient (Wildman–Crippen LogP) is 4.14. The van der Waals surface area contributed by atoms with E-state index in [0.717, 1.165) is 33.1 Å². The molecule has 0 saturated heterocycles. The Morgan fingerprint density at radius 2 is 2.04 bits per heavy atom. The molecule has 0 spiro atoms. The Bertz CT molecular complexity index is 1160. The number of hydrogen-bond donors (Lipinski definition) is 3. The average Bonchev–Trinajstić information content (AvgIpc) is 3.28. The van der Waals surface area contributed by atoms with E-state index in [9.17, 15) is 9.18 Å². The maximum absolute atomic E-state index is 14.0. The van der Waals surface area contributed by atoms with Crippen LogP contribution in [0.2, 0.25) is 0 Å². The van der Waals surface area contributed by atoms with Gasteiger partial charge in [0, 0.05) is 34.7 Å². The smallest absolute Gasteiger partial charge is 0.257 e. The van der Waals surface area contributed by atoms with Gasteiger partial charge in [0.25, 0.3) is 5.91 Å². The Labute approximate surface area is 161 Å². The van der Waals surface area contributed by atoms with Crippen molar-refractivity contribution in [2.45, 2.75) is 20.3 Å². The molecule has 2 heterocycles. The number of fused-ring (bicyclic) bond motifs is 2. The lowest BCUT2D eigenvalue weighted by atomic mass is 10.0. The van der Waals surface area contributed by atoms with Crippen molar-refractivity contribution in [3.8, 4) is 5.75 Å². The minimum atomic E-state index is -0.258. The summed E-state index contributed by atoms with van der Waals surface area (Å²) in [7, 11) is 0. The molecule has 3 N–H and O–H groups in total. The van der Waals surface area contributed by atoms with Gasteiger partial charge in [0.1, 0.15) is 11.6 Å². The van der Waals surface area contributed by atoms with Gasteiger partial charge in [-0.1, -0.05) is 6.07 Å². The maximum atomic E-state index is 14.0. The van der Waals surface area contributed by atoms with E-state index in [0.29, 0.717) is 24.2 Å². The zero-order chi connectivity index (χ0) is 19.7. The predicted molar refractivity (Wildman–Crippen MR) is 108 cm³/mol. The molecule has 0 radical (unpaired) electrons. The molecule has 4 aromatic rings. The fourth-order valence-electron chi connectivity index (χ4n) is 3.60. The van der Waals surface area contributed by atoms with Gasteiger partial charge in [-0.05, 0) is 61.7 Å². The lowest BCUT2D eigenvalue weighted by molar-refractivity contribution is -0.123. The van der Waals surface area contributed by atoms with Crippen LogP contribution in [0.4, 0.5) is 4.39 Å². The van der Waals surface area contributed by atoms with Crippen molar-refractivity contribution in [1.29, 1.82) is 0 Å². The molecular weight excluding hydrogens is 357 g/mol. The number of hydrogen-bond acceptors (Lipinski definition) is 2. The summed E-state index contributed by atoms with van der Waals surface area (Å²) in [6, 6.07) is 10.9. The van der Waals surface area contributed by atoms with Gasteiger partial charge in [-0.15, -0.1) is 0 Å². The minimum absolute atomic E-state index is 0.0452. The van der Waals surface area contributed by atoms with Crippen LogP contribution in [0.25, 0.3) is 21.8 Å². The van der Waals surface area contributed by atoms with Crippen molar-refractivity contribution in [3.05, 3.63) is 65.2 Å². The van der Waals surface area contributed by atoms with E-state index in [1.165, 1.54) is 6.07 Å². The summed E-state index contributed by atoms with van der Waals surface area (Å²) < 4.78 is 19.6. The van der Waals surface area contributed by atoms with Crippen LogP contribution in [0.15, 0.2) is 42.6 Å². The van der Waals surface area contributed by atoms with Gasteiger partial charge in [-0.3, -0.25) is 4.79 Å². The third kappa shape index (κ3) is 3.45. The monoisotopic (exact) mass is 379 g/mol. The number of ether oxygens (including phenoxy) is 1. The topological polar surface area (TPSA) is 69.9 Å². The highest BCUT2D eigenvalue weighted by molar-refractivity contribution is 5.88. The molecule has 1 amide bonds. The molecule has 2 aromatic heterocycles. The van der Waals surface area contributed by atoms with Crippen LogP contribution < -0.4 is 10.1 Å². The number of benzene rings is 2. The van der Waals surface area contributed by atoms with Crippen molar-refractivity contribution in [2.75, 3.05) is 13.2 Å². The van der Waals surface area contributed by atoms with Crippen LogP contribution in [0, 0.1) is 19.7 Å². The molecule has 0 aliphatic heterocycles. The summed E-state index contributed by atoms with van der Waals surface area (Å²) in [4.78, 5) is 18.4. The summed E-state index contributed by atoms with van der Waals surface area (Å²) in [6.45, 7) is 4.31. The van der Waals surface area contributed by atoms with E-state index in [2.05, 4.69) is 15.3 Å². The number of nitrogens with one attached hydrogen (secondary N) is 3. The summed E-state index contributed by atoms with van der Waals surface area (Å²) in [5, 5.41) is 4.81. The molecule has 144 valence electrons. The van der Waals surface area contributed by atoms with Gasteiger partial charge in [0.05, 0.1) is 5.52 Å². The first kappa shape index (κ1) is 18.1. The number of carbonyl (C=O) groups excluding carboxylic acids is 1. The van der Waals surface area contributed by atoms with Gasteiger partial charge < -0.3 is 20.0 Å². The second kappa shape index (κ2) is 7.38. The molecule has 0 unspecified atom stereocenters. The molecule has 5 nitrogen and oxygen atoms in total. The van der Waals surface area contributed by atoms with Crippen molar-refractivity contribution in [3.63, 3.8) is 0 Å². The second-order valence-electron chi connectivity index (χ2n) is 6.96. The van der Waals surface area contributed by atoms with Crippen molar-refractivity contribution in [2.24, 2.45) is 0 Å². The van der Waals surface area contributed by atoms with Crippen molar-refractivity contribution in [1.82, 2.24) is 15.3 Å². The van der Waals surface area contributed by atoms with E-state index in [1.54, 1.807) is 6.07 Å². The molecule has 0 aliphatic carbocycles. The van der Waals surface area contributed by atoms with Crippen LogP contribution in [-0.2, 0) is 11.2 Å². The summed E-state index contributed by atoms with van der Waals surface area (Å²) in [5.41, 5.74) is 4.53. The molecule has 0 fully saturated rings. The molecular formula is C22H22FN3O2. The fourth-order valence-corrected chi connectivity index (χ4v) is 3.60. The van der Waals surface area contributed by atoms with Gasteiger partial charge in [-0.2, -0.15) is 0 Å².